The molecule has 1 fully saturated rings. The van der Waals surface area contributed by atoms with Crippen LogP contribution in [0.25, 0.3) is 0 Å². The van der Waals surface area contributed by atoms with Gasteiger partial charge in [0, 0.05) is 23.5 Å². The van der Waals surface area contributed by atoms with Crippen molar-refractivity contribution in [3.63, 3.8) is 0 Å². The summed E-state index contributed by atoms with van der Waals surface area (Å²) in [4.78, 5) is 14.6. The maximum atomic E-state index is 14.6. The Morgan fingerprint density at radius 1 is 1.19 bits per heavy atom. The Kier molecular flexibility index (Phi) is 3.66. The van der Waals surface area contributed by atoms with Crippen molar-refractivity contribution in [3.05, 3.63) is 57.8 Å². The van der Waals surface area contributed by atoms with Crippen LogP contribution in [0.4, 0.5) is 28.9 Å². The molecule has 0 bridgehead atoms. The Bertz CT molecular complexity index is 919. The molecule has 2 atom stereocenters. The number of benzene rings is 1. The molecule has 0 saturated heterocycles. The molecule has 0 radical (unpaired) electrons. The smallest absolute Gasteiger partial charge is 0.351 e. The van der Waals surface area contributed by atoms with Crippen LogP contribution >= 0.6 is 0 Å². The van der Waals surface area contributed by atoms with Crippen molar-refractivity contribution < 1.29 is 17.6 Å². The predicted octanol–water partition coefficient (Wildman–Crippen LogP) is 3.55. The molecule has 1 aliphatic heterocycles. The first-order chi connectivity index (χ1) is 12.3. The van der Waals surface area contributed by atoms with Crippen LogP contribution in [-0.2, 0) is 5.41 Å². The van der Waals surface area contributed by atoms with E-state index < -0.39 is 29.0 Å². The SMILES string of the molecule is NC(C1CCC1)C1(C(F)(F)F)c2cc(F)ccc2Nc2c1cc[nH]c2=O. The Morgan fingerprint density at radius 3 is 2.54 bits per heavy atom. The number of H-pyrrole nitrogens is 1. The summed E-state index contributed by atoms with van der Waals surface area (Å²) in [5, 5.41) is 2.73. The number of nitrogens with two attached hydrogens (primary N) is 1. The van der Waals surface area contributed by atoms with E-state index in [9.17, 15) is 22.4 Å². The van der Waals surface area contributed by atoms with Gasteiger partial charge in [-0.05, 0) is 48.6 Å². The Morgan fingerprint density at radius 2 is 1.92 bits per heavy atom. The standard InChI is InChI=1S/C18H17F4N3O/c19-10-4-5-13-12(8-10)17(18(20,21)22,15(23)9-2-1-3-9)11-6-7-24-16(26)14(11)25-13/h4-9,15,25H,1-3,23H2,(H,24,26). The summed E-state index contributed by atoms with van der Waals surface area (Å²) in [7, 11) is 0. The van der Waals surface area contributed by atoms with Crippen molar-refractivity contribution in [2.24, 2.45) is 11.7 Å². The van der Waals surface area contributed by atoms with Crippen LogP contribution in [0.1, 0.15) is 30.4 Å². The molecule has 2 aromatic rings. The maximum Gasteiger partial charge on any atom is 0.404 e. The second-order valence-corrected chi connectivity index (χ2v) is 6.93. The number of alkyl halides is 3. The minimum atomic E-state index is -4.81. The van der Waals surface area contributed by atoms with Gasteiger partial charge in [-0.1, -0.05) is 6.42 Å². The van der Waals surface area contributed by atoms with Gasteiger partial charge in [-0.25, -0.2) is 4.39 Å². The summed E-state index contributed by atoms with van der Waals surface area (Å²) in [5.74, 6) is -1.13. The third-order valence-corrected chi connectivity index (χ3v) is 5.66. The number of hydrogen-bond acceptors (Lipinski definition) is 3. The molecule has 1 aliphatic carbocycles. The van der Waals surface area contributed by atoms with Gasteiger partial charge in [-0.15, -0.1) is 0 Å². The van der Waals surface area contributed by atoms with Gasteiger partial charge in [0.15, 0.2) is 0 Å². The fourth-order valence-corrected chi connectivity index (χ4v) is 4.17. The monoisotopic (exact) mass is 367 g/mol. The molecule has 8 heteroatoms. The van der Waals surface area contributed by atoms with Gasteiger partial charge in [-0.3, -0.25) is 4.79 Å². The molecule has 2 unspecified atom stereocenters. The van der Waals surface area contributed by atoms with E-state index in [1.807, 2.05) is 0 Å². The first-order valence-corrected chi connectivity index (χ1v) is 8.38. The highest BCUT2D eigenvalue weighted by atomic mass is 19.4. The number of rotatable bonds is 2. The van der Waals surface area contributed by atoms with E-state index in [0.717, 1.165) is 18.6 Å². The van der Waals surface area contributed by atoms with Gasteiger partial charge in [-0.2, -0.15) is 13.2 Å². The Labute approximate surface area is 146 Å². The molecule has 4 nitrogen and oxygen atoms in total. The average Bonchev–Trinajstić information content (AvgIpc) is 2.50. The largest absolute Gasteiger partial charge is 0.404 e. The first-order valence-electron chi connectivity index (χ1n) is 8.38. The second-order valence-electron chi connectivity index (χ2n) is 6.93. The van der Waals surface area contributed by atoms with E-state index >= 15 is 0 Å². The zero-order chi connectivity index (χ0) is 18.7. The molecule has 138 valence electrons. The summed E-state index contributed by atoms with van der Waals surface area (Å²) in [6.07, 6.45) is -1.68. The minimum Gasteiger partial charge on any atom is -0.351 e. The summed E-state index contributed by atoms with van der Waals surface area (Å²) in [5.41, 5.74) is 2.21. The molecule has 0 spiro atoms. The number of pyridine rings is 1. The third kappa shape index (κ3) is 2.14. The normalized spacial score (nSPS) is 23.4. The van der Waals surface area contributed by atoms with Crippen LogP contribution < -0.4 is 16.6 Å². The highest BCUT2D eigenvalue weighted by molar-refractivity contribution is 5.76. The lowest BCUT2D eigenvalue weighted by Gasteiger charge is -2.49. The molecule has 4 N–H and O–H groups in total. The number of anilines is 2. The summed E-state index contributed by atoms with van der Waals surface area (Å²) >= 11 is 0. The van der Waals surface area contributed by atoms with E-state index in [2.05, 4.69) is 10.3 Å². The van der Waals surface area contributed by atoms with Crippen LogP contribution in [-0.4, -0.2) is 17.2 Å². The fourth-order valence-electron chi connectivity index (χ4n) is 4.17. The molecule has 2 heterocycles. The van der Waals surface area contributed by atoms with Gasteiger partial charge < -0.3 is 16.0 Å². The number of halogens is 4. The van der Waals surface area contributed by atoms with Crippen molar-refractivity contribution in [1.29, 1.82) is 0 Å². The number of aromatic nitrogens is 1. The van der Waals surface area contributed by atoms with E-state index in [1.54, 1.807) is 0 Å². The highest BCUT2D eigenvalue weighted by Crippen LogP contribution is 2.57. The number of aromatic amines is 1. The summed E-state index contributed by atoms with van der Waals surface area (Å²) < 4.78 is 57.9. The van der Waals surface area contributed by atoms with Gasteiger partial charge in [0.05, 0.1) is 0 Å². The lowest BCUT2D eigenvalue weighted by atomic mass is 9.60. The zero-order valence-corrected chi connectivity index (χ0v) is 13.7. The Balaban J connectivity index is 2.10. The molecular weight excluding hydrogens is 350 g/mol. The van der Waals surface area contributed by atoms with Crippen LogP contribution in [0.5, 0.6) is 0 Å². The third-order valence-electron chi connectivity index (χ3n) is 5.66. The van der Waals surface area contributed by atoms with Crippen LogP contribution in [0.2, 0.25) is 0 Å². The van der Waals surface area contributed by atoms with Crippen molar-refractivity contribution >= 4 is 11.4 Å². The minimum absolute atomic E-state index is 0.0442. The number of hydrogen-bond donors (Lipinski definition) is 3. The molecular formula is C18H17F4N3O. The van der Waals surface area contributed by atoms with Crippen LogP contribution in [0, 0.1) is 11.7 Å². The molecule has 0 amide bonds. The molecule has 1 saturated carbocycles. The summed E-state index contributed by atoms with van der Waals surface area (Å²) in [6.45, 7) is 0. The van der Waals surface area contributed by atoms with E-state index in [1.165, 1.54) is 18.3 Å². The average molecular weight is 367 g/mol. The van der Waals surface area contributed by atoms with Gasteiger partial charge in [0.1, 0.15) is 16.9 Å². The predicted molar refractivity (Wildman–Crippen MR) is 88.9 cm³/mol. The second kappa shape index (κ2) is 5.57. The first kappa shape index (κ1) is 17.1. The van der Waals surface area contributed by atoms with Gasteiger partial charge >= 0.3 is 6.18 Å². The topological polar surface area (TPSA) is 70.9 Å². The van der Waals surface area contributed by atoms with Crippen LogP contribution in [0.3, 0.4) is 0 Å². The lowest BCUT2D eigenvalue weighted by Crippen LogP contribution is -2.61. The Hall–Kier alpha value is -2.35. The zero-order valence-electron chi connectivity index (χ0n) is 13.7. The van der Waals surface area contributed by atoms with E-state index in [-0.39, 0.29) is 28.4 Å². The van der Waals surface area contributed by atoms with Gasteiger partial charge in [0.25, 0.3) is 5.56 Å². The fraction of sp³-hybridized carbons (Fsp3) is 0.389. The van der Waals surface area contributed by atoms with Gasteiger partial charge in [0.2, 0.25) is 0 Å². The summed E-state index contributed by atoms with van der Waals surface area (Å²) in [6, 6.07) is 3.04. The molecule has 1 aromatic heterocycles. The quantitative estimate of drug-likeness (QED) is 0.711. The van der Waals surface area contributed by atoms with E-state index in [0.29, 0.717) is 12.8 Å². The van der Waals surface area contributed by atoms with Crippen molar-refractivity contribution in [3.8, 4) is 0 Å². The van der Waals surface area contributed by atoms with Crippen LogP contribution in [0.15, 0.2) is 35.3 Å². The maximum absolute atomic E-state index is 14.6. The highest BCUT2D eigenvalue weighted by Gasteiger charge is 2.65. The van der Waals surface area contributed by atoms with Crippen molar-refractivity contribution in [1.82, 2.24) is 4.98 Å². The number of nitrogens with one attached hydrogen (secondary N) is 2. The molecule has 26 heavy (non-hydrogen) atoms. The van der Waals surface area contributed by atoms with Crippen molar-refractivity contribution in [2.45, 2.75) is 36.9 Å². The molecule has 4 rings (SSSR count). The number of fused-ring (bicyclic) bond motifs is 2. The van der Waals surface area contributed by atoms with E-state index in [4.69, 9.17) is 5.73 Å². The lowest BCUT2D eigenvalue weighted by molar-refractivity contribution is -0.189. The van der Waals surface area contributed by atoms with Crippen molar-refractivity contribution in [2.75, 3.05) is 5.32 Å². The molecule has 1 aromatic carbocycles. The molecule has 2 aliphatic rings.